The summed E-state index contributed by atoms with van der Waals surface area (Å²) in [5.74, 6) is -1.04. The van der Waals surface area contributed by atoms with Gasteiger partial charge in [-0.25, -0.2) is 0 Å². The summed E-state index contributed by atoms with van der Waals surface area (Å²) in [6.07, 6.45) is 1.21. The van der Waals surface area contributed by atoms with E-state index < -0.39 is 11.6 Å². The molecule has 2 aromatic rings. The van der Waals surface area contributed by atoms with Gasteiger partial charge in [-0.15, -0.1) is 0 Å². The van der Waals surface area contributed by atoms with Crippen LogP contribution in [0.5, 0.6) is 0 Å². The quantitative estimate of drug-likeness (QED) is 0.694. The molecule has 0 aromatic heterocycles. The van der Waals surface area contributed by atoms with Crippen LogP contribution < -0.4 is 5.73 Å². The van der Waals surface area contributed by atoms with Crippen LogP contribution in [0.25, 0.3) is 16.5 Å². The lowest BCUT2D eigenvalue weighted by Crippen LogP contribution is -2.21. The van der Waals surface area contributed by atoms with Crippen LogP contribution in [0.15, 0.2) is 42.5 Å². The fraction of sp³-hybridized carbons (Fsp3) is 0. The van der Waals surface area contributed by atoms with E-state index in [1.807, 2.05) is 30.3 Å². The topological polar surface area (TPSA) is 60.2 Å². The molecule has 3 rings (SSSR count). The van der Waals surface area contributed by atoms with Gasteiger partial charge in [0.1, 0.15) is 0 Å². The minimum Gasteiger partial charge on any atom is -0.398 e. The number of carbonyl (C=O) groups is 2. The normalized spacial score (nSPS) is 14.7. The maximum atomic E-state index is 11.8. The summed E-state index contributed by atoms with van der Waals surface area (Å²) in [7, 11) is 0. The first-order valence-corrected chi connectivity index (χ1v) is 5.26. The van der Waals surface area contributed by atoms with Crippen LogP contribution in [0.2, 0.25) is 0 Å². The molecular weight excluding hydrogens is 214 g/mol. The summed E-state index contributed by atoms with van der Waals surface area (Å²) in [6, 6.07) is 11.2. The third-order valence-corrected chi connectivity index (χ3v) is 2.97. The summed E-state index contributed by atoms with van der Waals surface area (Å²) in [5.41, 5.74) is 7.29. The number of hydrogen-bond acceptors (Lipinski definition) is 3. The number of benzene rings is 2. The molecule has 0 amide bonds. The van der Waals surface area contributed by atoms with Gasteiger partial charge in [0.25, 0.3) is 0 Å². The Kier molecular flexibility index (Phi) is 1.89. The fourth-order valence-corrected chi connectivity index (χ4v) is 2.18. The molecule has 2 aromatic carbocycles. The van der Waals surface area contributed by atoms with Crippen LogP contribution >= 0.6 is 0 Å². The van der Waals surface area contributed by atoms with Crippen molar-refractivity contribution in [3.05, 3.63) is 53.6 Å². The standard InChI is InChI=1S/C14H9NO2/c15-11-7-12(16)14(17)10-6-5-8-3-1-2-4-9(8)13(10)11/h1-7H,15H2. The molecule has 0 unspecified atom stereocenters. The molecular formula is C14H9NO2. The number of ketones is 2. The highest BCUT2D eigenvalue weighted by Gasteiger charge is 2.25. The lowest BCUT2D eigenvalue weighted by molar-refractivity contribution is -0.111. The highest BCUT2D eigenvalue weighted by molar-refractivity contribution is 6.51. The second kappa shape index (κ2) is 3.28. The first kappa shape index (κ1) is 9.78. The van der Waals surface area contributed by atoms with Crippen LogP contribution in [-0.2, 0) is 4.79 Å². The predicted octanol–water partition coefficient (Wildman–Crippen LogP) is 1.90. The van der Waals surface area contributed by atoms with Gasteiger partial charge in [-0.2, -0.15) is 0 Å². The van der Waals surface area contributed by atoms with Crippen molar-refractivity contribution in [2.24, 2.45) is 5.73 Å². The number of rotatable bonds is 0. The molecule has 3 heteroatoms. The highest BCUT2D eigenvalue weighted by Crippen LogP contribution is 2.29. The smallest absolute Gasteiger partial charge is 0.233 e. The van der Waals surface area contributed by atoms with Crippen LogP contribution in [0.4, 0.5) is 0 Å². The number of Topliss-reactive ketones (excluding diaryl/α,β-unsaturated/α-hetero) is 1. The SMILES string of the molecule is NC1=CC(=O)C(=O)c2ccc3ccccc3c21. The molecule has 0 atom stereocenters. The minimum absolute atomic E-state index is 0.362. The third kappa shape index (κ3) is 1.29. The zero-order valence-corrected chi connectivity index (χ0v) is 8.94. The highest BCUT2D eigenvalue weighted by atomic mass is 16.2. The Morgan fingerprint density at radius 3 is 2.53 bits per heavy atom. The Bertz CT molecular complexity index is 698. The zero-order chi connectivity index (χ0) is 12.0. The van der Waals surface area contributed by atoms with Gasteiger partial charge in [-0.05, 0) is 16.8 Å². The monoisotopic (exact) mass is 223 g/mol. The van der Waals surface area contributed by atoms with Crippen LogP contribution in [0.1, 0.15) is 15.9 Å². The van der Waals surface area contributed by atoms with E-state index in [1.54, 1.807) is 6.07 Å². The van der Waals surface area contributed by atoms with E-state index in [-0.39, 0.29) is 0 Å². The van der Waals surface area contributed by atoms with Crippen LogP contribution in [0, 0.1) is 0 Å². The molecule has 2 N–H and O–H groups in total. The van der Waals surface area contributed by atoms with Crippen LogP contribution in [0.3, 0.4) is 0 Å². The summed E-state index contributed by atoms with van der Waals surface area (Å²) in [5, 5.41) is 1.91. The van der Waals surface area contributed by atoms with Crippen molar-refractivity contribution in [1.82, 2.24) is 0 Å². The van der Waals surface area contributed by atoms with Gasteiger partial charge in [0.05, 0.1) is 0 Å². The number of carbonyl (C=O) groups excluding carboxylic acids is 2. The van der Waals surface area contributed by atoms with E-state index in [2.05, 4.69) is 0 Å². The van der Waals surface area contributed by atoms with Crippen molar-refractivity contribution < 1.29 is 9.59 Å². The van der Waals surface area contributed by atoms with Crippen LogP contribution in [-0.4, -0.2) is 11.6 Å². The Balaban J connectivity index is 2.47. The number of allylic oxidation sites excluding steroid dienone is 1. The molecule has 1 aliphatic rings. The molecule has 82 valence electrons. The Labute approximate surface area is 97.5 Å². The maximum Gasteiger partial charge on any atom is 0.233 e. The summed E-state index contributed by atoms with van der Waals surface area (Å²) in [4.78, 5) is 23.2. The molecule has 0 heterocycles. The molecule has 0 fully saturated rings. The molecule has 1 aliphatic carbocycles. The molecule has 0 bridgehead atoms. The Morgan fingerprint density at radius 1 is 0.941 bits per heavy atom. The molecule has 0 radical (unpaired) electrons. The second-order valence-electron chi connectivity index (χ2n) is 4.00. The Morgan fingerprint density at radius 2 is 1.71 bits per heavy atom. The molecule has 0 spiro atoms. The van der Waals surface area contributed by atoms with Gasteiger partial charge < -0.3 is 5.73 Å². The first-order valence-electron chi connectivity index (χ1n) is 5.26. The zero-order valence-electron chi connectivity index (χ0n) is 8.94. The van der Waals surface area contributed by atoms with Gasteiger partial charge in [0.2, 0.25) is 11.6 Å². The van der Waals surface area contributed by atoms with E-state index in [4.69, 9.17) is 5.73 Å². The van der Waals surface area contributed by atoms with Gasteiger partial charge in [-0.1, -0.05) is 30.3 Å². The van der Waals surface area contributed by atoms with Crippen molar-refractivity contribution in [1.29, 1.82) is 0 Å². The lowest BCUT2D eigenvalue weighted by Gasteiger charge is -2.15. The van der Waals surface area contributed by atoms with E-state index in [1.165, 1.54) is 6.08 Å². The molecule has 0 aliphatic heterocycles. The summed E-state index contributed by atoms with van der Waals surface area (Å²) in [6.45, 7) is 0. The summed E-state index contributed by atoms with van der Waals surface area (Å²) < 4.78 is 0. The second-order valence-corrected chi connectivity index (χ2v) is 4.00. The van der Waals surface area contributed by atoms with Gasteiger partial charge >= 0.3 is 0 Å². The predicted molar refractivity (Wildman–Crippen MR) is 65.4 cm³/mol. The van der Waals surface area contributed by atoms with Crippen molar-refractivity contribution in [2.45, 2.75) is 0 Å². The Hall–Kier alpha value is -2.42. The average Bonchev–Trinajstić information content (AvgIpc) is 2.35. The fourth-order valence-electron chi connectivity index (χ4n) is 2.18. The summed E-state index contributed by atoms with van der Waals surface area (Å²) >= 11 is 0. The maximum absolute atomic E-state index is 11.8. The van der Waals surface area contributed by atoms with E-state index in [0.717, 1.165) is 10.8 Å². The van der Waals surface area contributed by atoms with Gasteiger partial charge in [0.15, 0.2) is 0 Å². The largest absolute Gasteiger partial charge is 0.398 e. The number of hydrogen-bond donors (Lipinski definition) is 1. The average molecular weight is 223 g/mol. The first-order chi connectivity index (χ1) is 8.18. The van der Waals surface area contributed by atoms with Gasteiger partial charge in [-0.3, -0.25) is 9.59 Å². The molecule has 3 nitrogen and oxygen atoms in total. The number of nitrogens with two attached hydrogens (primary N) is 1. The van der Waals surface area contributed by atoms with Crippen molar-refractivity contribution in [3.63, 3.8) is 0 Å². The molecule has 0 saturated carbocycles. The van der Waals surface area contributed by atoms with Gasteiger partial charge in [0, 0.05) is 22.9 Å². The lowest BCUT2D eigenvalue weighted by atomic mass is 9.89. The van der Waals surface area contributed by atoms with E-state index >= 15 is 0 Å². The van der Waals surface area contributed by atoms with Crippen molar-refractivity contribution in [3.8, 4) is 0 Å². The molecule has 0 saturated heterocycles. The van der Waals surface area contributed by atoms with Crippen molar-refractivity contribution >= 4 is 28.0 Å². The number of fused-ring (bicyclic) bond motifs is 3. The molecule has 17 heavy (non-hydrogen) atoms. The van der Waals surface area contributed by atoms with E-state index in [0.29, 0.717) is 16.8 Å². The minimum atomic E-state index is -0.551. The van der Waals surface area contributed by atoms with Crippen molar-refractivity contribution in [2.75, 3.05) is 0 Å². The third-order valence-electron chi connectivity index (χ3n) is 2.97. The van der Waals surface area contributed by atoms with E-state index in [9.17, 15) is 9.59 Å².